The molecule has 0 aliphatic heterocycles. The van der Waals surface area contributed by atoms with Crippen LogP contribution in [0.1, 0.15) is 55.6 Å². The van der Waals surface area contributed by atoms with Crippen molar-refractivity contribution in [1.82, 2.24) is 15.5 Å². The summed E-state index contributed by atoms with van der Waals surface area (Å²) in [6.45, 7) is 4.00. The van der Waals surface area contributed by atoms with E-state index in [0.717, 1.165) is 12.2 Å². The Bertz CT molecular complexity index is 371. The second kappa shape index (κ2) is 9.52. The largest absolute Gasteiger partial charge is 0.433 e. The van der Waals surface area contributed by atoms with Gasteiger partial charge in [-0.05, 0) is 19.9 Å². The maximum absolute atomic E-state index is 11.8. The first kappa shape index (κ1) is 18.6. The zero-order valence-electron chi connectivity index (χ0n) is 12.0. The summed E-state index contributed by atoms with van der Waals surface area (Å²) in [6, 6.07) is 0.847. The van der Waals surface area contributed by atoms with Gasteiger partial charge < -0.3 is 5.32 Å². The SMILES string of the molecule is CC.CNC1CCCC1.O=Cc1cn[nH]c1C(F)(F)F. The molecule has 0 radical (unpaired) electrons. The molecule has 4 nitrogen and oxygen atoms in total. The number of halogens is 3. The van der Waals surface area contributed by atoms with Gasteiger partial charge in [0.05, 0.1) is 11.8 Å². The molecule has 0 atom stereocenters. The first-order valence-corrected chi connectivity index (χ1v) is 6.72. The minimum absolute atomic E-state index is 0.103. The van der Waals surface area contributed by atoms with Crippen LogP contribution < -0.4 is 5.32 Å². The average molecular weight is 293 g/mol. The molecule has 2 N–H and O–H groups in total. The standard InChI is InChI=1S/C6H13N.C5H3F3N2O.C2H6/c1-7-6-4-2-3-5-6;6-5(7,8)4-3(2-11)1-9-10-4;1-2/h6-7H,2-5H2,1H3;1-2H,(H,9,10);1-2H3. The Balaban J connectivity index is 0.000000345. The summed E-state index contributed by atoms with van der Waals surface area (Å²) in [5, 5.41) is 8.04. The molecule has 0 bridgehead atoms. The number of rotatable bonds is 2. The fourth-order valence-corrected chi connectivity index (χ4v) is 1.83. The van der Waals surface area contributed by atoms with Gasteiger partial charge in [-0.2, -0.15) is 18.3 Å². The summed E-state index contributed by atoms with van der Waals surface area (Å²) < 4.78 is 35.5. The summed E-state index contributed by atoms with van der Waals surface area (Å²) in [6.07, 6.45) is 2.07. The Morgan fingerprint density at radius 1 is 1.35 bits per heavy atom. The highest BCUT2D eigenvalue weighted by molar-refractivity contribution is 5.76. The van der Waals surface area contributed by atoms with Crippen molar-refractivity contribution in [3.05, 3.63) is 17.5 Å². The number of alkyl halides is 3. The van der Waals surface area contributed by atoms with Crippen LogP contribution in [0.2, 0.25) is 0 Å². The highest BCUT2D eigenvalue weighted by atomic mass is 19.4. The van der Waals surface area contributed by atoms with Crippen LogP contribution in [0.25, 0.3) is 0 Å². The van der Waals surface area contributed by atoms with Gasteiger partial charge in [0.15, 0.2) is 6.29 Å². The Kier molecular flexibility index (Phi) is 8.87. The van der Waals surface area contributed by atoms with E-state index in [1.807, 2.05) is 13.8 Å². The van der Waals surface area contributed by atoms with E-state index in [9.17, 15) is 18.0 Å². The number of aldehydes is 1. The van der Waals surface area contributed by atoms with E-state index in [1.54, 1.807) is 5.10 Å². The minimum atomic E-state index is -4.53. The highest BCUT2D eigenvalue weighted by Crippen LogP contribution is 2.28. The number of hydrogen-bond acceptors (Lipinski definition) is 3. The van der Waals surface area contributed by atoms with Gasteiger partial charge in [-0.15, -0.1) is 0 Å². The van der Waals surface area contributed by atoms with Crippen LogP contribution in [0.15, 0.2) is 6.20 Å². The van der Waals surface area contributed by atoms with Crippen LogP contribution in [0.4, 0.5) is 13.2 Å². The molecular formula is C13H22F3N3O. The molecule has 1 heterocycles. The third kappa shape index (κ3) is 6.18. The average Bonchev–Trinajstić information content (AvgIpc) is 3.11. The molecule has 1 fully saturated rings. The van der Waals surface area contributed by atoms with Crippen LogP contribution in [0.3, 0.4) is 0 Å². The van der Waals surface area contributed by atoms with E-state index in [4.69, 9.17) is 0 Å². The molecular weight excluding hydrogens is 271 g/mol. The van der Waals surface area contributed by atoms with Crippen molar-refractivity contribution in [2.24, 2.45) is 0 Å². The predicted molar refractivity (Wildman–Crippen MR) is 71.6 cm³/mol. The van der Waals surface area contributed by atoms with Crippen molar-refractivity contribution in [1.29, 1.82) is 0 Å². The molecule has 0 amide bonds. The van der Waals surface area contributed by atoms with Gasteiger partial charge in [0.1, 0.15) is 5.69 Å². The Morgan fingerprint density at radius 3 is 2.20 bits per heavy atom. The zero-order chi connectivity index (χ0) is 15.6. The fourth-order valence-electron chi connectivity index (χ4n) is 1.83. The van der Waals surface area contributed by atoms with Crippen molar-refractivity contribution in [2.45, 2.75) is 51.7 Å². The third-order valence-corrected chi connectivity index (χ3v) is 2.84. The second-order valence-electron chi connectivity index (χ2n) is 4.09. The molecule has 1 aliphatic carbocycles. The number of carbonyl (C=O) groups excluding carboxylic acids is 1. The molecule has 1 saturated carbocycles. The molecule has 20 heavy (non-hydrogen) atoms. The summed E-state index contributed by atoms with van der Waals surface area (Å²) in [4.78, 5) is 9.98. The quantitative estimate of drug-likeness (QED) is 0.821. The molecule has 2 rings (SSSR count). The Morgan fingerprint density at radius 2 is 1.90 bits per heavy atom. The van der Waals surface area contributed by atoms with Crippen LogP contribution in [0.5, 0.6) is 0 Å². The van der Waals surface area contributed by atoms with Crippen LogP contribution in [0, 0.1) is 0 Å². The monoisotopic (exact) mass is 293 g/mol. The topological polar surface area (TPSA) is 57.8 Å². The van der Waals surface area contributed by atoms with Crippen LogP contribution in [-0.2, 0) is 6.18 Å². The lowest BCUT2D eigenvalue weighted by Gasteiger charge is -2.03. The molecule has 116 valence electrons. The lowest BCUT2D eigenvalue weighted by Crippen LogP contribution is -2.20. The van der Waals surface area contributed by atoms with Gasteiger partial charge in [0, 0.05) is 6.04 Å². The highest BCUT2D eigenvalue weighted by Gasteiger charge is 2.35. The van der Waals surface area contributed by atoms with Gasteiger partial charge >= 0.3 is 6.18 Å². The molecule has 0 unspecified atom stereocenters. The smallest absolute Gasteiger partial charge is 0.317 e. The van der Waals surface area contributed by atoms with E-state index in [1.165, 1.54) is 25.7 Å². The Hall–Kier alpha value is -1.37. The number of hydrogen-bond donors (Lipinski definition) is 2. The first-order chi connectivity index (χ1) is 9.49. The lowest BCUT2D eigenvalue weighted by molar-refractivity contribution is -0.141. The van der Waals surface area contributed by atoms with E-state index >= 15 is 0 Å². The predicted octanol–water partition coefficient (Wildman–Crippen LogP) is 3.42. The first-order valence-electron chi connectivity index (χ1n) is 6.72. The fraction of sp³-hybridized carbons (Fsp3) is 0.692. The van der Waals surface area contributed by atoms with Crippen molar-refractivity contribution in [3.8, 4) is 0 Å². The molecule has 0 aromatic carbocycles. The summed E-state index contributed by atoms with van der Waals surface area (Å²) >= 11 is 0. The van der Waals surface area contributed by atoms with E-state index in [2.05, 4.69) is 17.5 Å². The summed E-state index contributed by atoms with van der Waals surface area (Å²) in [5.41, 5.74) is -1.58. The van der Waals surface area contributed by atoms with Crippen molar-refractivity contribution in [2.75, 3.05) is 7.05 Å². The number of nitrogens with zero attached hydrogens (tertiary/aromatic N) is 1. The van der Waals surface area contributed by atoms with Gasteiger partial charge in [-0.1, -0.05) is 26.7 Å². The number of aromatic nitrogens is 2. The van der Waals surface area contributed by atoms with Gasteiger partial charge in [-0.25, -0.2) is 0 Å². The number of nitrogens with one attached hydrogen (secondary N) is 2. The molecule has 0 spiro atoms. The third-order valence-electron chi connectivity index (χ3n) is 2.84. The molecule has 0 saturated heterocycles. The summed E-state index contributed by atoms with van der Waals surface area (Å²) in [5.74, 6) is 0. The maximum Gasteiger partial charge on any atom is 0.433 e. The van der Waals surface area contributed by atoms with E-state index < -0.39 is 17.4 Å². The molecule has 7 heteroatoms. The van der Waals surface area contributed by atoms with Crippen molar-refractivity contribution >= 4 is 6.29 Å². The van der Waals surface area contributed by atoms with Crippen molar-refractivity contribution < 1.29 is 18.0 Å². The minimum Gasteiger partial charge on any atom is -0.317 e. The second-order valence-corrected chi connectivity index (χ2v) is 4.09. The van der Waals surface area contributed by atoms with Gasteiger partial charge in [0.25, 0.3) is 0 Å². The number of H-pyrrole nitrogens is 1. The van der Waals surface area contributed by atoms with Gasteiger partial charge in [0.2, 0.25) is 0 Å². The van der Waals surface area contributed by atoms with Crippen molar-refractivity contribution in [3.63, 3.8) is 0 Å². The van der Waals surface area contributed by atoms with E-state index in [-0.39, 0.29) is 6.29 Å². The normalized spacial score (nSPS) is 14.9. The zero-order valence-corrected chi connectivity index (χ0v) is 12.0. The number of carbonyl (C=O) groups is 1. The van der Waals surface area contributed by atoms with Crippen LogP contribution in [-0.4, -0.2) is 29.6 Å². The molecule has 1 aromatic heterocycles. The molecule has 1 aliphatic rings. The molecule has 1 aromatic rings. The summed E-state index contributed by atoms with van der Waals surface area (Å²) in [7, 11) is 2.05. The Labute approximate surface area is 117 Å². The van der Waals surface area contributed by atoms with Crippen LogP contribution >= 0.6 is 0 Å². The maximum atomic E-state index is 11.8. The number of aromatic amines is 1. The van der Waals surface area contributed by atoms with Gasteiger partial charge in [-0.3, -0.25) is 9.89 Å². The van der Waals surface area contributed by atoms with E-state index in [0.29, 0.717) is 0 Å². The lowest BCUT2D eigenvalue weighted by atomic mass is 10.3.